The lowest BCUT2D eigenvalue weighted by Crippen LogP contribution is -1.98. The number of benzene rings is 1. The monoisotopic (exact) mass is 479 g/mol. The fraction of sp³-hybridized carbons (Fsp3) is 0.267. The highest BCUT2D eigenvalue weighted by Gasteiger charge is 2.25. The van der Waals surface area contributed by atoms with Gasteiger partial charge in [0.15, 0.2) is 11.5 Å². The van der Waals surface area contributed by atoms with Crippen LogP contribution in [0.2, 0.25) is 0 Å². The van der Waals surface area contributed by atoms with Crippen LogP contribution in [0.3, 0.4) is 0 Å². The number of carbonyl (C=O) groups excluding carboxylic acids is 2. The molecule has 1 aliphatic rings. The smallest absolute Gasteiger partial charge is 0.374 e. The molecule has 0 radical (unpaired) electrons. The van der Waals surface area contributed by atoms with E-state index in [1.165, 1.54) is 0 Å². The van der Waals surface area contributed by atoms with Gasteiger partial charge in [0.2, 0.25) is 5.12 Å². The minimum absolute atomic E-state index is 0.216. The quantitative estimate of drug-likeness (QED) is 0.365. The molecule has 1 aliphatic heterocycles. The van der Waals surface area contributed by atoms with E-state index < -0.39 is 5.30 Å². The highest BCUT2D eigenvalue weighted by atomic mass is 127. The van der Waals surface area contributed by atoms with E-state index in [9.17, 15) is 9.59 Å². The molecule has 0 atom stereocenters. The fourth-order valence-corrected chi connectivity index (χ4v) is 4.25. The summed E-state index contributed by atoms with van der Waals surface area (Å²) in [5.41, 5.74) is 1.03. The minimum Gasteiger partial charge on any atom is -0.493 e. The van der Waals surface area contributed by atoms with E-state index in [0.717, 1.165) is 32.7 Å². The van der Waals surface area contributed by atoms with Gasteiger partial charge in [0.25, 0.3) is 0 Å². The first kappa shape index (κ1) is 19.1. The molecule has 6 nitrogen and oxygen atoms in total. The molecule has 24 heavy (non-hydrogen) atoms. The Balaban J connectivity index is 2.27. The molecule has 2 rings (SSSR count). The standard InChI is InChI=1S/C15H14INO5S2/c1-4-22-15(19)24-14-17-10(13(18)23-14)6-8-5-9(16)12(21-3)11(7-8)20-2/h5-7H,4H2,1-3H3/b10-6-. The zero-order valence-electron chi connectivity index (χ0n) is 13.1. The summed E-state index contributed by atoms with van der Waals surface area (Å²) in [5, 5.41) is -0.690. The Kier molecular flexibility index (Phi) is 6.99. The van der Waals surface area contributed by atoms with Gasteiger partial charge in [-0.1, -0.05) is 0 Å². The number of nitrogens with zero attached hydrogens (tertiary/aromatic N) is 1. The van der Waals surface area contributed by atoms with Crippen molar-refractivity contribution in [1.82, 2.24) is 0 Å². The van der Waals surface area contributed by atoms with E-state index in [1.54, 1.807) is 33.3 Å². The van der Waals surface area contributed by atoms with Crippen molar-refractivity contribution >= 4 is 67.0 Å². The molecule has 9 heteroatoms. The van der Waals surface area contributed by atoms with E-state index in [1.807, 2.05) is 6.07 Å². The molecule has 0 N–H and O–H groups in total. The van der Waals surface area contributed by atoms with Gasteiger partial charge >= 0.3 is 5.30 Å². The summed E-state index contributed by atoms with van der Waals surface area (Å²) in [6, 6.07) is 3.62. The van der Waals surface area contributed by atoms with E-state index in [0.29, 0.717) is 15.9 Å². The Morgan fingerprint density at radius 2 is 2.12 bits per heavy atom. The number of aliphatic imine (C=N–C) groups is 1. The van der Waals surface area contributed by atoms with Crippen LogP contribution in [0.4, 0.5) is 4.79 Å². The number of halogens is 1. The van der Waals surface area contributed by atoms with Crippen LogP contribution >= 0.6 is 46.1 Å². The number of ether oxygens (including phenoxy) is 3. The fourth-order valence-electron chi connectivity index (χ4n) is 1.83. The zero-order chi connectivity index (χ0) is 17.7. The Bertz CT molecular complexity index is 733. The topological polar surface area (TPSA) is 74.2 Å². The van der Waals surface area contributed by atoms with Crippen molar-refractivity contribution < 1.29 is 23.8 Å². The minimum atomic E-state index is -0.474. The van der Waals surface area contributed by atoms with Gasteiger partial charge in [-0.25, -0.2) is 9.79 Å². The number of hydrogen-bond acceptors (Lipinski definition) is 8. The van der Waals surface area contributed by atoms with Gasteiger partial charge in [-0.2, -0.15) is 0 Å². The van der Waals surface area contributed by atoms with Crippen molar-refractivity contribution in [2.75, 3.05) is 20.8 Å². The molecule has 128 valence electrons. The molecule has 0 saturated heterocycles. The van der Waals surface area contributed by atoms with Gasteiger partial charge in [-0.3, -0.25) is 4.79 Å². The molecule has 0 aromatic heterocycles. The Hall–Kier alpha value is -1.20. The highest BCUT2D eigenvalue weighted by Crippen LogP contribution is 2.36. The van der Waals surface area contributed by atoms with Crippen LogP contribution in [0.25, 0.3) is 6.08 Å². The third-order valence-corrected chi connectivity index (χ3v) is 5.31. The second kappa shape index (κ2) is 8.77. The summed E-state index contributed by atoms with van der Waals surface area (Å²) >= 11 is 3.86. The Morgan fingerprint density at radius 1 is 1.38 bits per heavy atom. The van der Waals surface area contributed by atoms with Crippen molar-refractivity contribution in [1.29, 1.82) is 0 Å². The molecule has 0 fully saturated rings. The van der Waals surface area contributed by atoms with Crippen molar-refractivity contribution in [3.63, 3.8) is 0 Å². The van der Waals surface area contributed by atoms with Gasteiger partial charge < -0.3 is 14.2 Å². The average molecular weight is 479 g/mol. The van der Waals surface area contributed by atoms with Crippen LogP contribution < -0.4 is 9.47 Å². The van der Waals surface area contributed by atoms with Gasteiger partial charge in [0, 0.05) is 11.8 Å². The van der Waals surface area contributed by atoms with Crippen LogP contribution in [-0.4, -0.2) is 35.6 Å². The molecule has 0 saturated carbocycles. The number of hydrogen-bond donors (Lipinski definition) is 0. The van der Waals surface area contributed by atoms with Crippen molar-refractivity contribution in [2.24, 2.45) is 4.99 Å². The van der Waals surface area contributed by atoms with Crippen LogP contribution in [0.15, 0.2) is 22.8 Å². The van der Waals surface area contributed by atoms with Crippen molar-refractivity contribution in [2.45, 2.75) is 6.92 Å². The first-order valence-corrected chi connectivity index (χ1v) is 9.48. The summed E-state index contributed by atoms with van der Waals surface area (Å²) in [4.78, 5) is 27.7. The second-order valence-electron chi connectivity index (χ2n) is 4.32. The Morgan fingerprint density at radius 3 is 2.75 bits per heavy atom. The largest absolute Gasteiger partial charge is 0.493 e. The lowest BCUT2D eigenvalue weighted by molar-refractivity contribution is -0.107. The molecule has 0 aliphatic carbocycles. The van der Waals surface area contributed by atoms with Crippen LogP contribution in [0, 0.1) is 3.57 Å². The predicted molar refractivity (Wildman–Crippen MR) is 105 cm³/mol. The van der Waals surface area contributed by atoms with Crippen LogP contribution in [-0.2, 0) is 9.53 Å². The van der Waals surface area contributed by atoms with Crippen molar-refractivity contribution in [3.8, 4) is 11.5 Å². The number of rotatable bonds is 4. The molecule has 1 heterocycles. The third kappa shape index (κ3) is 4.67. The van der Waals surface area contributed by atoms with Crippen LogP contribution in [0.1, 0.15) is 12.5 Å². The van der Waals surface area contributed by atoms with Crippen molar-refractivity contribution in [3.05, 3.63) is 27.0 Å². The lowest BCUT2D eigenvalue weighted by atomic mass is 10.1. The van der Waals surface area contributed by atoms with E-state index in [4.69, 9.17) is 14.2 Å². The average Bonchev–Trinajstić information content (AvgIpc) is 2.86. The van der Waals surface area contributed by atoms with E-state index in [2.05, 4.69) is 27.6 Å². The summed E-state index contributed by atoms with van der Waals surface area (Å²) in [6.45, 7) is 2.00. The Labute approximate surface area is 161 Å². The van der Waals surface area contributed by atoms with Gasteiger partial charge in [-0.05, 0) is 65.0 Å². The maximum Gasteiger partial charge on any atom is 0.374 e. The SMILES string of the molecule is CCOC(=O)SC1=N/C(=C\c2cc(I)c(OC)c(OC)c2)C(=O)S1. The van der Waals surface area contributed by atoms with Gasteiger partial charge in [0.1, 0.15) is 10.1 Å². The lowest BCUT2D eigenvalue weighted by Gasteiger charge is -2.10. The molecule has 0 unspecified atom stereocenters. The summed E-state index contributed by atoms with van der Waals surface area (Å²) in [6.07, 6.45) is 1.65. The zero-order valence-corrected chi connectivity index (χ0v) is 16.9. The maximum absolute atomic E-state index is 12.0. The summed E-state index contributed by atoms with van der Waals surface area (Å²) < 4.78 is 16.6. The number of thioether (sulfide) groups is 2. The highest BCUT2D eigenvalue weighted by molar-refractivity contribution is 14.1. The van der Waals surface area contributed by atoms with E-state index >= 15 is 0 Å². The molecular formula is C15H14INO5S2. The summed E-state index contributed by atoms with van der Waals surface area (Å²) in [7, 11) is 3.12. The third-order valence-electron chi connectivity index (χ3n) is 2.79. The first-order valence-electron chi connectivity index (χ1n) is 6.77. The molecule has 0 bridgehead atoms. The molecule has 1 aromatic rings. The molecular weight excluding hydrogens is 465 g/mol. The first-order chi connectivity index (χ1) is 11.5. The van der Waals surface area contributed by atoms with Gasteiger partial charge in [0.05, 0.1) is 24.4 Å². The predicted octanol–water partition coefficient (Wildman–Crippen LogP) is 4.17. The van der Waals surface area contributed by atoms with E-state index in [-0.39, 0.29) is 17.4 Å². The maximum atomic E-state index is 12.0. The van der Waals surface area contributed by atoms with Crippen LogP contribution in [0.5, 0.6) is 11.5 Å². The second-order valence-corrected chi connectivity index (χ2v) is 7.63. The summed E-state index contributed by atoms with van der Waals surface area (Å²) in [5.74, 6) is 1.20. The number of carbonyl (C=O) groups is 2. The molecule has 1 aromatic carbocycles. The number of methoxy groups -OCH3 is 2. The molecule has 0 amide bonds. The normalized spacial score (nSPS) is 15.4. The molecule has 0 spiro atoms. The van der Waals surface area contributed by atoms with Gasteiger partial charge in [-0.15, -0.1) is 0 Å².